The maximum atomic E-state index is 13.0. The number of fused-ring (bicyclic) bond motifs is 1. The Bertz CT molecular complexity index is 825. The average molecular weight is 358 g/mol. The maximum Gasteiger partial charge on any atom is 0.246 e. The number of nitrogens with one attached hydrogen (secondary N) is 3. The van der Waals surface area contributed by atoms with Crippen LogP contribution in [0.2, 0.25) is 0 Å². The molecule has 2 aromatic rings. The van der Waals surface area contributed by atoms with Gasteiger partial charge >= 0.3 is 0 Å². The fourth-order valence-corrected chi connectivity index (χ4v) is 2.93. The number of H-pyrrole nitrogens is 1. The van der Waals surface area contributed by atoms with E-state index in [2.05, 4.69) is 15.6 Å². The van der Waals surface area contributed by atoms with Crippen molar-refractivity contribution in [1.82, 2.24) is 20.5 Å². The van der Waals surface area contributed by atoms with Crippen LogP contribution >= 0.6 is 0 Å². The predicted molar refractivity (Wildman–Crippen MR) is 101 cm³/mol. The molecule has 3 amide bonds. The van der Waals surface area contributed by atoms with Crippen LogP contribution in [0, 0.1) is 0 Å². The summed E-state index contributed by atoms with van der Waals surface area (Å²) < 4.78 is 0. The first-order chi connectivity index (χ1) is 12.2. The summed E-state index contributed by atoms with van der Waals surface area (Å²) >= 11 is 0. The molecule has 7 heteroatoms. The first-order valence-electron chi connectivity index (χ1n) is 8.50. The third kappa shape index (κ3) is 3.87. The SMILES string of the molecule is CNC(=O)C(C)(C)N(C)C(=O)C(Cc1c[nH]c2ccccc12)NC(C)=O. The third-order valence-corrected chi connectivity index (χ3v) is 4.73. The van der Waals surface area contributed by atoms with Crippen molar-refractivity contribution in [3.8, 4) is 0 Å². The second-order valence-corrected chi connectivity index (χ2v) is 6.85. The molecule has 7 nitrogen and oxygen atoms in total. The molecule has 0 saturated heterocycles. The van der Waals surface area contributed by atoms with Crippen LogP contribution in [0.5, 0.6) is 0 Å². The van der Waals surface area contributed by atoms with Gasteiger partial charge in [-0.2, -0.15) is 0 Å². The van der Waals surface area contributed by atoms with Crippen LogP contribution in [-0.4, -0.2) is 53.3 Å². The summed E-state index contributed by atoms with van der Waals surface area (Å²) in [7, 11) is 3.10. The number of nitrogens with zero attached hydrogens (tertiary/aromatic N) is 1. The summed E-state index contributed by atoms with van der Waals surface area (Å²) in [6, 6.07) is 7.01. The molecule has 0 saturated carbocycles. The number of carbonyl (C=O) groups excluding carboxylic acids is 3. The Morgan fingerprint density at radius 2 is 1.88 bits per heavy atom. The van der Waals surface area contributed by atoms with Crippen molar-refractivity contribution in [2.45, 2.75) is 38.8 Å². The van der Waals surface area contributed by atoms with E-state index in [-0.39, 0.29) is 17.7 Å². The van der Waals surface area contributed by atoms with E-state index in [1.807, 2.05) is 30.5 Å². The van der Waals surface area contributed by atoms with Gasteiger partial charge in [0, 0.05) is 44.5 Å². The van der Waals surface area contributed by atoms with Crippen molar-refractivity contribution in [2.75, 3.05) is 14.1 Å². The number of benzene rings is 1. The summed E-state index contributed by atoms with van der Waals surface area (Å²) in [5, 5.41) is 6.29. The van der Waals surface area contributed by atoms with E-state index in [1.165, 1.54) is 18.9 Å². The molecule has 0 aliphatic rings. The Kier molecular flexibility index (Phi) is 5.69. The minimum atomic E-state index is -1.04. The molecule has 1 unspecified atom stereocenters. The quantitative estimate of drug-likeness (QED) is 0.724. The van der Waals surface area contributed by atoms with Crippen molar-refractivity contribution in [1.29, 1.82) is 0 Å². The fraction of sp³-hybridized carbons (Fsp3) is 0.421. The number of hydrogen-bond acceptors (Lipinski definition) is 3. The molecule has 0 spiro atoms. The minimum Gasteiger partial charge on any atom is -0.361 e. The average Bonchev–Trinajstić information content (AvgIpc) is 3.01. The number of hydrogen-bond donors (Lipinski definition) is 3. The zero-order valence-electron chi connectivity index (χ0n) is 15.8. The lowest BCUT2D eigenvalue weighted by Gasteiger charge is -2.36. The number of carbonyl (C=O) groups is 3. The molecule has 140 valence electrons. The van der Waals surface area contributed by atoms with Crippen molar-refractivity contribution < 1.29 is 14.4 Å². The van der Waals surface area contributed by atoms with Gasteiger partial charge in [0.1, 0.15) is 11.6 Å². The van der Waals surface area contributed by atoms with Crippen LogP contribution in [0.4, 0.5) is 0 Å². The van der Waals surface area contributed by atoms with Gasteiger partial charge in [-0.3, -0.25) is 14.4 Å². The molecular weight excluding hydrogens is 332 g/mol. The number of aromatic nitrogens is 1. The summed E-state index contributed by atoms with van der Waals surface area (Å²) in [6.07, 6.45) is 2.17. The van der Waals surface area contributed by atoms with Gasteiger partial charge in [0.15, 0.2) is 0 Å². The summed E-state index contributed by atoms with van der Waals surface area (Å²) in [5.74, 6) is -0.893. The Morgan fingerprint density at radius 1 is 1.23 bits per heavy atom. The normalized spacial score (nSPS) is 12.5. The first kappa shape index (κ1) is 19.5. The molecule has 0 fully saturated rings. The molecule has 1 aromatic carbocycles. The molecule has 0 bridgehead atoms. The van der Waals surface area contributed by atoms with Gasteiger partial charge in [0.2, 0.25) is 17.7 Å². The van der Waals surface area contributed by atoms with Gasteiger partial charge < -0.3 is 20.5 Å². The first-order valence-corrected chi connectivity index (χ1v) is 8.50. The van der Waals surface area contributed by atoms with Crippen LogP contribution in [0.1, 0.15) is 26.3 Å². The van der Waals surface area contributed by atoms with Crippen LogP contribution in [0.15, 0.2) is 30.5 Å². The van der Waals surface area contributed by atoms with Gasteiger partial charge in [0.05, 0.1) is 0 Å². The summed E-state index contributed by atoms with van der Waals surface area (Å²) in [6.45, 7) is 4.71. The van der Waals surface area contributed by atoms with E-state index < -0.39 is 11.6 Å². The number of aromatic amines is 1. The van der Waals surface area contributed by atoms with Crippen LogP contribution in [0.3, 0.4) is 0 Å². The molecule has 1 atom stereocenters. The smallest absolute Gasteiger partial charge is 0.246 e. The number of likely N-dealkylation sites (N-methyl/N-ethyl adjacent to an activating group) is 2. The van der Waals surface area contributed by atoms with E-state index in [4.69, 9.17) is 0 Å². The third-order valence-electron chi connectivity index (χ3n) is 4.73. The lowest BCUT2D eigenvalue weighted by molar-refractivity contribution is -0.146. The second kappa shape index (κ2) is 7.59. The lowest BCUT2D eigenvalue weighted by atomic mass is 9.98. The van der Waals surface area contributed by atoms with E-state index in [9.17, 15) is 14.4 Å². The molecular formula is C19H26N4O3. The molecule has 0 radical (unpaired) electrons. The van der Waals surface area contributed by atoms with Crippen LogP contribution < -0.4 is 10.6 Å². The summed E-state index contributed by atoms with van der Waals surface area (Å²) in [4.78, 5) is 41.3. The van der Waals surface area contributed by atoms with Gasteiger partial charge in [-0.1, -0.05) is 18.2 Å². The van der Waals surface area contributed by atoms with Gasteiger partial charge in [-0.15, -0.1) is 0 Å². The zero-order valence-corrected chi connectivity index (χ0v) is 15.8. The second-order valence-electron chi connectivity index (χ2n) is 6.85. The highest BCUT2D eigenvalue weighted by molar-refractivity contribution is 5.94. The standard InChI is InChI=1S/C19H26N4O3/c1-12(24)22-16(17(25)23(5)19(2,3)18(26)20-4)10-13-11-21-15-9-7-6-8-14(13)15/h6-9,11,16,21H,10H2,1-5H3,(H,20,26)(H,22,24). The predicted octanol–water partition coefficient (Wildman–Crippen LogP) is 1.20. The molecule has 3 N–H and O–H groups in total. The lowest BCUT2D eigenvalue weighted by Crippen LogP contribution is -2.59. The minimum absolute atomic E-state index is 0.276. The zero-order chi connectivity index (χ0) is 19.5. The van der Waals surface area contributed by atoms with Crippen LogP contribution in [0.25, 0.3) is 10.9 Å². The largest absolute Gasteiger partial charge is 0.361 e. The van der Waals surface area contributed by atoms with E-state index >= 15 is 0 Å². The molecule has 0 aliphatic heterocycles. The molecule has 2 rings (SSSR count). The Balaban J connectivity index is 2.30. The monoisotopic (exact) mass is 358 g/mol. The Morgan fingerprint density at radius 3 is 2.50 bits per heavy atom. The van der Waals surface area contributed by atoms with E-state index in [1.54, 1.807) is 20.9 Å². The van der Waals surface area contributed by atoms with E-state index in [0.29, 0.717) is 6.42 Å². The fourth-order valence-electron chi connectivity index (χ4n) is 2.93. The molecule has 26 heavy (non-hydrogen) atoms. The highest BCUT2D eigenvalue weighted by Gasteiger charge is 2.37. The van der Waals surface area contributed by atoms with Crippen molar-refractivity contribution in [2.24, 2.45) is 0 Å². The summed E-state index contributed by atoms with van der Waals surface area (Å²) in [5.41, 5.74) is 0.859. The number of amides is 3. The van der Waals surface area contributed by atoms with Gasteiger partial charge in [0.25, 0.3) is 0 Å². The highest BCUT2D eigenvalue weighted by atomic mass is 16.2. The van der Waals surface area contributed by atoms with E-state index in [0.717, 1.165) is 16.5 Å². The van der Waals surface area contributed by atoms with Crippen molar-refractivity contribution >= 4 is 28.6 Å². The molecule has 0 aliphatic carbocycles. The van der Waals surface area contributed by atoms with Gasteiger partial charge in [-0.25, -0.2) is 0 Å². The highest BCUT2D eigenvalue weighted by Crippen LogP contribution is 2.21. The van der Waals surface area contributed by atoms with Crippen LogP contribution in [-0.2, 0) is 20.8 Å². The topological polar surface area (TPSA) is 94.3 Å². The maximum absolute atomic E-state index is 13.0. The van der Waals surface area contributed by atoms with Crippen molar-refractivity contribution in [3.63, 3.8) is 0 Å². The molecule has 1 aromatic heterocycles. The van der Waals surface area contributed by atoms with Gasteiger partial charge in [-0.05, 0) is 25.5 Å². The number of rotatable bonds is 6. The Labute approximate surface area is 153 Å². The molecule has 1 heterocycles. The van der Waals surface area contributed by atoms with Crippen molar-refractivity contribution in [3.05, 3.63) is 36.0 Å². The Hall–Kier alpha value is -2.83. The number of para-hydroxylation sites is 1.